The van der Waals surface area contributed by atoms with Gasteiger partial charge in [-0.25, -0.2) is 0 Å². The molecule has 3 heteroatoms. The first-order chi connectivity index (χ1) is 22.7. The van der Waals surface area contributed by atoms with E-state index in [1.54, 1.807) is 0 Å². The van der Waals surface area contributed by atoms with Crippen LogP contribution in [0.15, 0.2) is 48.6 Å². The number of unbranched alkanes of at least 4 members (excludes halogenated alkanes) is 18. The third-order valence-electron chi connectivity index (χ3n) is 9.51. The van der Waals surface area contributed by atoms with Gasteiger partial charge in [-0.15, -0.1) is 0 Å². The van der Waals surface area contributed by atoms with Gasteiger partial charge in [0.05, 0.1) is 12.2 Å². The van der Waals surface area contributed by atoms with Crippen molar-refractivity contribution >= 4 is 0 Å². The van der Waals surface area contributed by atoms with Crippen molar-refractivity contribution in [3.05, 3.63) is 48.6 Å². The fourth-order valence-corrected chi connectivity index (χ4v) is 6.36. The molecule has 3 atom stereocenters. The van der Waals surface area contributed by atoms with Gasteiger partial charge in [0.2, 0.25) is 0 Å². The number of rotatable bonds is 33. The molecule has 0 bridgehead atoms. The highest BCUT2D eigenvalue weighted by Crippen LogP contribution is 2.29. The summed E-state index contributed by atoms with van der Waals surface area (Å²) in [7, 11) is 4.41. The highest BCUT2D eigenvalue weighted by Gasteiger charge is 2.36. The summed E-state index contributed by atoms with van der Waals surface area (Å²) >= 11 is 0. The lowest BCUT2D eigenvalue weighted by Crippen LogP contribution is -2.27. The molecule has 0 aromatic rings. The molecule has 0 aliphatic heterocycles. The van der Waals surface area contributed by atoms with Crippen LogP contribution in [0.4, 0.5) is 0 Å². The van der Waals surface area contributed by atoms with Crippen molar-refractivity contribution in [2.24, 2.45) is 0 Å². The highest BCUT2D eigenvalue weighted by molar-refractivity contribution is 4.93. The van der Waals surface area contributed by atoms with Crippen LogP contribution >= 0.6 is 0 Å². The van der Waals surface area contributed by atoms with E-state index in [0.29, 0.717) is 6.04 Å². The van der Waals surface area contributed by atoms with Crippen molar-refractivity contribution in [3.63, 3.8) is 0 Å². The average molecular weight is 642 g/mol. The summed E-state index contributed by atoms with van der Waals surface area (Å²) in [4.78, 5) is 2.36. The zero-order valence-electron chi connectivity index (χ0n) is 31.4. The second-order valence-corrected chi connectivity index (χ2v) is 14.1. The molecule has 46 heavy (non-hydrogen) atoms. The summed E-state index contributed by atoms with van der Waals surface area (Å²) in [5.74, 6) is 0. The lowest BCUT2D eigenvalue weighted by Gasteiger charge is -2.20. The van der Waals surface area contributed by atoms with E-state index in [4.69, 9.17) is 9.47 Å². The molecule has 0 amide bonds. The number of nitrogens with zero attached hydrogens (tertiary/aromatic N) is 1. The highest BCUT2D eigenvalue weighted by atomic mass is 16.5. The van der Waals surface area contributed by atoms with Gasteiger partial charge in [-0.05, 0) is 104 Å². The lowest BCUT2D eigenvalue weighted by molar-refractivity contribution is -0.0578. The van der Waals surface area contributed by atoms with E-state index >= 15 is 0 Å². The number of ether oxygens (including phenoxy) is 2. The minimum Gasteiger partial charge on any atom is -0.375 e. The van der Waals surface area contributed by atoms with Gasteiger partial charge in [-0.1, -0.05) is 140 Å². The normalized spacial score (nSPS) is 19.0. The van der Waals surface area contributed by atoms with E-state index in [-0.39, 0.29) is 12.2 Å². The molecule has 1 fully saturated rings. The molecule has 3 nitrogen and oxygen atoms in total. The predicted molar refractivity (Wildman–Crippen MR) is 205 cm³/mol. The van der Waals surface area contributed by atoms with E-state index in [2.05, 4.69) is 81.5 Å². The quantitative estimate of drug-likeness (QED) is 0.0526. The molecular weight excluding hydrogens is 562 g/mol. The second kappa shape index (κ2) is 33.7. The topological polar surface area (TPSA) is 21.7 Å². The van der Waals surface area contributed by atoms with Crippen LogP contribution < -0.4 is 0 Å². The number of hydrogen-bond donors (Lipinski definition) is 0. The van der Waals surface area contributed by atoms with Crippen LogP contribution in [-0.4, -0.2) is 50.5 Å². The molecule has 0 saturated heterocycles. The minimum atomic E-state index is 0.273. The van der Waals surface area contributed by atoms with E-state index in [9.17, 15) is 0 Å². The van der Waals surface area contributed by atoms with Crippen molar-refractivity contribution in [1.29, 1.82) is 0 Å². The van der Waals surface area contributed by atoms with Gasteiger partial charge in [0.1, 0.15) is 0 Å². The fraction of sp³-hybridized carbons (Fsp3) is 0.814. The van der Waals surface area contributed by atoms with E-state index in [0.717, 1.165) is 38.9 Å². The van der Waals surface area contributed by atoms with Crippen LogP contribution in [0.25, 0.3) is 0 Å². The fourth-order valence-electron chi connectivity index (χ4n) is 6.36. The van der Waals surface area contributed by atoms with Gasteiger partial charge < -0.3 is 14.4 Å². The molecule has 1 aliphatic rings. The van der Waals surface area contributed by atoms with Gasteiger partial charge in [-0.2, -0.15) is 0 Å². The van der Waals surface area contributed by atoms with Crippen LogP contribution in [0, 0.1) is 0 Å². The third kappa shape index (κ3) is 26.9. The predicted octanol–water partition coefficient (Wildman–Crippen LogP) is 13.1. The maximum Gasteiger partial charge on any atom is 0.0852 e. The first-order valence-electron chi connectivity index (χ1n) is 20.2. The maximum absolute atomic E-state index is 6.42. The standard InChI is InChI=1S/C43H79NO2/c1-5-7-9-11-13-15-17-19-21-23-25-27-29-31-33-35-37-45-42-39-41(44(3)4)40-43(42)46-38-36-34-32-30-28-26-24-22-20-18-16-14-12-10-8-6-2/h13-16,19-22,41-43H,5-12,17-18,23-40H2,1-4H3/b15-13-,16-14-,21-19-,22-20-/t41-,42-,43+. The van der Waals surface area contributed by atoms with Gasteiger partial charge >= 0.3 is 0 Å². The van der Waals surface area contributed by atoms with E-state index in [1.807, 2.05) is 0 Å². The van der Waals surface area contributed by atoms with Crippen LogP contribution in [0.3, 0.4) is 0 Å². The molecular formula is C43H79NO2. The summed E-state index contributed by atoms with van der Waals surface area (Å²) in [6.45, 7) is 6.32. The second-order valence-electron chi connectivity index (χ2n) is 14.1. The molecule has 0 unspecified atom stereocenters. The van der Waals surface area contributed by atoms with Crippen molar-refractivity contribution in [2.45, 2.75) is 199 Å². The lowest BCUT2D eigenvalue weighted by atomic mass is 10.1. The van der Waals surface area contributed by atoms with Crippen molar-refractivity contribution in [1.82, 2.24) is 4.90 Å². The first kappa shape index (κ1) is 42.9. The first-order valence-corrected chi connectivity index (χ1v) is 20.2. The molecule has 0 aromatic carbocycles. The molecule has 0 radical (unpaired) electrons. The zero-order valence-corrected chi connectivity index (χ0v) is 31.4. The minimum absolute atomic E-state index is 0.273. The largest absolute Gasteiger partial charge is 0.375 e. The van der Waals surface area contributed by atoms with Gasteiger partial charge in [0.25, 0.3) is 0 Å². The Labute approximate surface area is 288 Å². The Morgan fingerprint density at radius 1 is 0.435 bits per heavy atom. The molecule has 1 rings (SSSR count). The Bertz CT molecular complexity index is 681. The smallest absolute Gasteiger partial charge is 0.0852 e. The number of hydrogen-bond acceptors (Lipinski definition) is 3. The molecule has 268 valence electrons. The Balaban J connectivity index is 2.00. The molecule has 0 spiro atoms. The summed E-state index contributed by atoms with van der Waals surface area (Å²) in [5.41, 5.74) is 0. The Hall–Kier alpha value is -1.16. The number of allylic oxidation sites excluding steroid dienone is 8. The Kier molecular flexibility index (Phi) is 31.4. The van der Waals surface area contributed by atoms with Crippen molar-refractivity contribution in [2.75, 3.05) is 27.3 Å². The van der Waals surface area contributed by atoms with E-state index in [1.165, 1.54) is 141 Å². The monoisotopic (exact) mass is 642 g/mol. The summed E-state index contributed by atoms with van der Waals surface area (Å²) in [5, 5.41) is 0. The van der Waals surface area contributed by atoms with Crippen molar-refractivity contribution in [3.8, 4) is 0 Å². The average Bonchev–Trinajstić information content (AvgIpc) is 3.47. The summed E-state index contributed by atoms with van der Waals surface area (Å²) in [6.07, 6.45) is 52.5. The van der Waals surface area contributed by atoms with E-state index < -0.39 is 0 Å². The van der Waals surface area contributed by atoms with Crippen LogP contribution in [0.1, 0.15) is 181 Å². The molecule has 0 aromatic heterocycles. The molecule has 1 aliphatic carbocycles. The molecule has 0 N–H and O–H groups in total. The molecule has 1 saturated carbocycles. The van der Waals surface area contributed by atoms with Gasteiger partial charge in [0, 0.05) is 19.3 Å². The van der Waals surface area contributed by atoms with Gasteiger partial charge in [0.15, 0.2) is 0 Å². The van der Waals surface area contributed by atoms with Crippen LogP contribution in [0.2, 0.25) is 0 Å². The Morgan fingerprint density at radius 3 is 1.11 bits per heavy atom. The molecule has 0 heterocycles. The van der Waals surface area contributed by atoms with Gasteiger partial charge in [-0.3, -0.25) is 0 Å². The third-order valence-corrected chi connectivity index (χ3v) is 9.51. The Morgan fingerprint density at radius 2 is 0.761 bits per heavy atom. The van der Waals surface area contributed by atoms with Crippen LogP contribution in [0.5, 0.6) is 0 Å². The summed E-state index contributed by atoms with van der Waals surface area (Å²) in [6, 6.07) is 0.585. The SMILES string of the molecule is CCCCC/C=C\C/C=C\CCCCCCCCO[C@H]1C[C@H](N(C)C)C[C@H]1OCCCCCCCC/C=C\C/C=C\CCCCC. The van der Waals surface area contributed by atoms with Crippen LogP contribution in [-0.2, 0) is 9.47 Å². The summed E-state index contributed by atoms with van der Waals surface area (Å²) < 4.78 is 12.8. The zero-order chi connectivity index (χ0) is 33.2. The maximum atomic E-state index is 6.42. The van der Waals surface area contributed by atoms with Crippen molar-refractivity contribution < 1.29 is 9.47 Å².